The highest BCUT2D eigenvalue weighted by Gasteiger charge is 2.63. The van der Waals surface area contributed by atoms with Crippen molar-refractivity contribution in [2.24, 2.45) is 29.4 Å². The van der Waals surface area contributed by atoms with Gasteiger partial charge in [-0.3, -0.25) is 4.79 Å². The fourth-order valence-corrected chi connectivity index (χ4v) is 4.24. The average Bonchev–Trinajstić information content (AvgIpc) is 2.63. The van der Waals surface area contributed by atoms with Gasteiger partial charge in [0.25, 0.3) is 0 Å². The molecule has 0 unspecified atom stereocenters. The number of nitrogens with zero attached hydrogens (tertiary/aromatic N) is 1. The third kappa shape index (κ3) is 0.792. The van der Waals surface area contributed by atoms with Crippen molar-refractivity contribution in [3.05, 3.63) is 0 Å². The molecule has 0 amide bonds. The van der Waals surface area contributed by atoms with E-state index in [1.165, 1.54) is 0 Å². The minimum Gasteiger partial charge on any atom is -0.481 e. The first-order valence-electron chi connectivity index (χ1n) is 5.30. The van der Waals surface area contributed by atoms with Gasteiger partial charge in [-0.15, -0.1) is 0 Å². The van der Waals surface area contributed by atoms with Gasteiger partial charge in [-0.25, -0.2) is 0 Å². The second kappa shape index (κ2) is 2.49. The lowest BCUT2D eigenvalue weighted by Crippen LogP contribution is -2.48. The summed E-state index contributed by atoms with van der Waals surface area (Å²) in [6, 6.07) is 0.547. The number of likely N-dealkylation sites (tertiary alicyclic amines) is 1. The molecule has 78 valence electrons. The van der Waals surface area contributed by atoms with Gasteiger partial charge in [0.1, 0.15) is 0 Å². The molecule has 0 radical (unpaired) electrons. The summed E-state index contributed by atoms with van der Waals surface area (Å²) in [6.45, 7) is 0.927. The number of fused-ring (bicyclic) bond motifs is 1. The molecule has 1 saturated heterocycles. The standard InChI is InChI=1S/C10H16N2O2/c1-12-3-6-4-2-5(7(6)10(13)14)8(11)9(4)12/h4-9H,2-3,11H2,1H3,(H,13,14)/t4-,5-,6-,7+,8+,9+/m1/s1. The second-order valence-corrected chi connectivity index (χ2v) is 5.10. The molecule has 2 bridgehead atoms. The second-order valence-electron chi connectivity index (χ2n) is 5.10. The Balaban J connectivity index is 1.99. The monoisotopic (exact) mass is 196 g/mol. The van der Waals surface area contributed by atoms with E-state index in [0.29, 0.717) is 17.9 Å². The van der Waals surface area contributed by atoms with Crippen molar-refractivity contribution < 1.29 is 9.90 Å². The number of rotatable bonds is 1. The van der Waals surface area contributed by atoms with Crippen molar-refractivity contribution in [1.82, 2.24) is 4.90 Å². The Hall–Kier alpha value is -0.610. The molecule has 3 rings (SSSR count). The molecule has 6 atom stereocenters. The van der Waals surface area contributed by atoms with Crippen LogP contribution in [0.3, 0.4) is 0 Å². The number of hydrogen-bond acceptors (Lipinski definition) is 3. The molecule has 2 aliphatic carbocycles. The molecule has 0 aromatic carbocycles. The number of carboxylic acid groups (broad SMARTS) is 1. The van der Waals surface area contributed by atoms with E-state index in [4.69, 9.17) is 5.73 Å². The zero-order chi connectivity index (χ0) is 10.0. The maximum Gasteiger partial charge on any atom is 0.307 e. The maximum absolute atomic E-state index is 11.2. The summed E-state index contributed by atoms with van der Waals surface area (Å²) in [5, 5.41) is 9.19. The smallest absolute Gasteiger partial charge is 0.307 e. The van der Waals surface area contributed by atoms with Crippen molar-refractivity contribution in [2.45, 2.75) is 18.5 Å². The predicted octanol–water partition coefficient (Wildman–Crippen LogP) is -0.406. The lowest BCUT2D eigenvalue weighted by atomic mass is 9.78. The van der Waals surface area contributed by atoms with Crippen LogP contribution in [0, 0.1) is 23.7 Å². The number of carbonyl (C=O) groups is 1. The number of carboxylic acids is 1. The van der Waals surface area contributed by atoms with Crippen LogP contribution in [0.4, 0.5) is 0 Å². The number of likely N-dealkylation sites (N-methyl/N-ethyl adjacent to an activating group) is 1. The van der Waals surface area contributed by atoms with Crippen LogP contribution < -0.4 is 5.73 Å². The highest BCUT2D eigenvalue weighted by atomic mass is 16.4. The van der Waals surface area contributed by atoms with Gasteiger partial charge < -0.3 is 15.7 Å². The Labute approximate surface area is 83.1 Å². The summed E-state index contributed by atoms with van der Waals surface area (Å²) in [6.07, 6.45) is 1.04. The minimum atomic E-state index is -0.633. The van der Waals surface area contributed by atoms with Gasteiger partial charge in [0.2, 0.25) is 0 Å². The third-order valence-corrected chi connectivity index (χ3v) is 4.64. The van der Waals surface area contributed by atoms with Crippen LogP contribution in [-0.2, 0) is 4.79 Å². The van der Waals surface area contributed by atoms with Gasteiger partial charge >= 0.3 is 5.97 Å². The van der Waals surface area contributed by atoms with Gasteiger partial charge in [-0.2, -0.15) is 0 Å². The van der Waals surface area contributed by atoms with E-state index in [1.54, 1.807) is 0 Å². The lowest BCUT2D eigenvalue weighted by molar-refractivity contribution is -0.145. The van der Waals surface area contributed by atoms with Gasteiger partial charge in [0, 0.05) is 18.6 Å². The molecule has 0 spiro atoms. The van der Waals surface area contributed by atoms with Crippen LogP contribution >= 0.6 is 0 Å². The van der Waals surface area contributed by atoms with Crippen molar-refractivity contribution in [1.29, 1.82) is 0 Å². The minimum absolute atomic E-state index is 0.0878. The molecule has 3 fully saturated rings. The quantitative estimate of drug-likeness (QED) is 0.598. The Morgan fingerprint density at radius 1 is 1.43 bits per heavy atom. The fraction of sp³-hybridized carbons (Fsp3) is 0.900. The van der Waals surface area contributed by atoms with E-state index in [0.717, 1.165) is 13.0 Å². The van der Waals surface area contributed by atoms with Crippen LogP contribution in [0.15, 0.2) is 0 Å². The normalized spacial score (nSPS) is 55.6. The van der Waals surface area contributed by atoms with Gasteiger partial charge in [0.15, 0.2) is 0 Å². The number of nitrogens with two attached hydrogens (primary N) is 1. The first-order valence-corrected chi connectivity index (χ1v) is 5.30. The molecule has 1 heterocycles. The molecule has 0 aromatic rings. The lowest BCUT2D eigenvalue weighted by Gasteiger charge is -2.30. The van der Waals surface area contributed by atoms with Crippen LogP contribution in [0.25, 0.3) is 0 Å². The highest BCUT2D eigenvalue weighted by molar-refractivity contribution is 5.72. The van der Waals surface area contributed by atoms with E-state index >= 15 is 0 Å². The Morgan fingerprint density at radius 3 is 2.79 bits per heavy atom. The summed E-state index contributed by atoms with van der Waals surface area (Å²) >= 11 is 0. The zero-order valence-electron chi connectivity index (χ0n) is 8.26. The molecule has 14 heavy (non-hydrogen) atoms. The maximum atomic E-state index is 11.2. The number of aliphatic carboxylic acids is 1. The Kier molecular flexibility index (Phi) is 1.55. The summed E-state index contributed by atoms with van der Waals surface area (Å²) < 4.78 is 0. The molecular formula is C10H16N2O2. The van der Waals surface area contributed by atoms with Crippen LogP contribution in [0.1, 0.15) is 6.42 Å². The van der Waals surface area contributed by atoms with Crippen LogP contribution in [-0.4, -0.2) is 41.7 Å². The van der Waals surface area contributed by atoms with E-state index in [9.17, 15) is 9.90 Å². The molecule has 4 nitrogen and oxygen atoms in total. The summed E-state index contributed by atoms with van der Waals surface area (Å²) in [5.41, 5.74) is 6.11. The number of hydrogen-bond donors (Lipinski definition) is 2. The summed E-state index contributed by atoms with van der Waals surface area (Å²) in [5.74, 6) is 0.355. The molecule has 3 N–H and O–H groups in total. The molecule has 4 heteroatoms. The highest BCUT2D eigenvalue weighted by Crippen LogP contribution is 2.57. The largest absolute Gasteiger partial charge is 0.481 e. The third-order valence-electron chi connectivity index (χ3n) is 4.64. The molecule has 1 aliphatic heterocycles. The SMILES string of the molecule is CN1C[C@@H]2[C@H]3C[C@@H]([C@H](N)[C@H]31)[C@@H]2C(=O)O. The molecule has 3 aliphatic rings. The van der Waals surface area contributed by atoms with Crippen molar-refractivity contribution in [2.75, 3.05) is 13.6 Å². The molecule has 0 aromatic heterocycles. The van der Waals surface area contributed by atoms with Gasteiger partial charge in [-0.1, -0.05) is 0 Å². The topological polar surface area (TPSA) is 66.6 Å². The van der Waals surface area contributed by atoms with E-state index in [1.807, 2.05) is 0 Å². The van der Waals surface area contributed by atoms with Gasteiger partial charge in [-0.05, 0) is 31.2 Å². The fourth-order valence-electron chi connectivity index (χ4n) is 4.24. The predicted molar refractivity (Wildman–Crippen MR) is 50.6 cm³/mol. The van der Waals surface area contributed by atoms with Crippen molar-refractivity contribution >= 4 is 5.97 Å². The summed E-state index contributed by atoms with van der Waals surface area (Å²) in [4.78, 5) is 13.4. The van der Waals surface area contributed by atoms with Crippen molar-refractivity contribution in [3.8, 4) is 0 Å². The Bertz CT molecular complexity index is 290. The van der Waals surface area contributed by atoms with Crippen molar-refractivity contribution in [3.63, 3.8) is 0 Å². The van der Waals surface area contributed by atoms with E-state index in [-0.39, 0.29) is 17.9 Å². The first-order chi connectivity index (χ1) is 6.61. The molecular weight excluding hydrogens is 180 g/mol. The van der Waals surface area contributed by atoms with Gasteiger partial charge in [0.05, 0.1) is 5.92 Å². The van der Waals surface area contributed by atoms with Crippen LogP contribution in [0.2, 0.25) is 0 Å². The van der Waals surface area contributed by atoms with E-state index < -0.39 is 5.97 Å². The van der Waals surface area contributed by atoms with Crippen LogP contribution in [0.5, 0.6) is 0 Å². The molecule has 2 saturated carbocycles. The van der Waals surface area contributed by atoms with E-state index in [2.05, 4.69) is 11.9 Å². The zero-order valence-corrected chi connectivity index (χ0v) is 8.26. The average molecular weight is 196 g/mol. The summed E-state index contributed by atoms with van der Waals surface area (Å²) in [7, 11) is 2.07. The Morgan fingerprint density at radius 2 is 2.14 bits per heavy atom. The first kappa shape index (κ1) is 8.68.